The van der Waals surface area contributed by atoms with Crippen molar-refractivity contribution in [2.45, 2.75) is 6.92 Å². The molecular formula is C14H11F2NO2. The smallest absolute Gasteiger partial charge is 0.259 e. The molecule has 2 aromatic rings. The third kappa shape index (κ3) is 2.88. The molecule has 0 saturated heterocycles. The highest BCUT2D eigenvalue weighted by molar-refractivity contribution is 6.06. The van der Waals surface area contributed by atoms with Crippen LogP contribution in [0, 0.1) is 18.6 Å². The molecule has 0 heterocycles. The number of benzene rings is 2. The topological polar surface area (TPSA) is 49.3 Å². The summed E-state index contributed by atoms with van der Waals surface area (Å²) in [5.41, 5.74) is 0.725. The molecule has 0 aliphatic heterocycles. The van der Waals surface area contributed by atoms with Crippen molar-refractivity contribution >= 4 is 11.6 Å². The van der Waals surface area contributed by atoms with Crippen molar-refractivity contribution in [3.05, 3.63) is 59.2 Å². The zero-order chi connectivity index (χ0) is 14.0. The van der Waals surface area contributed by atoms with Gasteiger partial charge in [0.25, 0.3) is 5.91 Å². The third-order valence-electron chi connectivity index (χ3n) is 2.65. The van der Waals surface area contributed by atoms with Crippen LogP contribution in [-0.4, -0.2) is 11.0 Å². The Morgan fingerprint density at radius 2 is 1.74 bits per heavy atom. The molecule has 0 aliphatic rings. The molecule has 0 aliphatic carbocycles. The number of anilines is 1. The fourth-order valence-corrected chi connectivity index (χ4v) is 1.61. The van der Waals surface area contributed by atoms with Gasteiger partial charge >= 0.3 is 0 Å². The first-order chi connectivity index (χ1) is 8.97. The van der Waals surface area contributed by atoms with E-state index in [4.69, 9.17) is 0 Å². The number of hydrogen-bond donors (Lipinski definition) is 2. The molecule has 0 radical (unpaired) electrons. The molecule has 2 aromatic carbocycles. The lowest BCUT2D eigenvalue weighted by Crippen LogP contribution is -2.13. The summed E-state index contributed by atoms with van der Waals surface area (Å²) in [5, 5.41) is 11.9. The summed E-state index contributed by atoms with van der Waals surface area (Å²) in [6, 6.07) is 6.98. The van der Waals surface area contributed by atoms with E-state index in [9.17, 15) is 18.7 Å². The second kappa shape index (κ2) is 5.06. The highest BCUT2D eigenvalue weighted by Gasteiger charge is 2.13. The lowest BCUT2D eigenvalue weighted by atomic mass is 10.1. The second-order valence-corrected chi connectivity index (χ2v) is 4.07. The molecule has 2 rings (SSSR count). The summed E-state index contributed by atoms with van der Waals surface area (Å²) < 4.78 is 26.1. The molecule has 0 bridgehead atoms. The van der Waals surface area contributed by atoms with Crippen LogP contribution in [0.1, 0.15) is 15.9 Å². The molecule has 2 N–H and O–H groups in total. The molecule has 0 spiro atoms. The van der Waals surface area contributed by atoms with Crippen molar-refractivity contribution < 1.29 is 18.7 Å². The summed E-state index contributed by atoms with van der Waals surface area (Å²) in [6.45, 7) is 1.69. The number of halogens is 2. The Bertz CT molecular complexity index is 641. The predicted octanol–water partition coefficient (Wildman–Crippen LogP) is 3.23. The zero-order valence-electron chi connectivity index (χ0n) is 10.1. The van der Waals surface area contributed by atoms with E-state index in [1.807, 2.05) is 0 Å². The first-order valence-corrected chi connectivity index (χ1v) is 5.53. The van der Waals surface area contributed by atoms with Crippen LogP contribution < -0.4 is 5.32 Å². The molecular weight excluding hydrogens is 252 g/mol. The van der Waals surface area contributed by atoms with Crippen LogP contribution >= 0.6 is 0 Å². The minimum atomic E-state index is -0.703. The van der Waals surface area contributed by atoms with E-state index in [1.165, 1.54) is 12.1 Å². The van der Waals surface area contributed by atoms with Gasteiger partial charge in [-0.3, -0.25) is 4.79 Å². The lowest BCUT2D eigenvalue weighted by molar-refractivity contribution is 0.102. The Morgan fingerprint density at radius 3 is 2.47 bits per heavy atom. The molecule has 19 heavy (non-hydrogen) atoms. The number of phenolic OH excluding ortho intramolecular Hbond substituents is 1. The maximum Gasteiger partial charge on any atom is 0.259 e. The zero-order valence-corrected chi connectivity index (χ0v) is 10.1. The van der Waals surface area contributed by atoms with Gasteiger partial charge in [0, 0.05) is 5.69 Å². The Balaban J connectivity index is 2.30. The molecule has 1 amide bonds. The number of hydrogen-bond acceptors (Lipinski definition) is 2. The fourth-order valence-electron chi connectivity index (χ4n) is 1.61. The van der Waals surface area contributed by atoms with Crippen molar-refractivity contribution in [2.24, 2.45) is 0 Å². The highest BCUT2D eigenvalue weighted by atomic mass is 19.1. The van der Waals surface area contributed by atoms with E-state index in [0.29, 0.717) is 5.56 Å². The van der Waals surface area contributed by atoms with Crippen molar-refractivity contribution in [1.29, 1.82) is 0 Å². The summed E-state index contributed by atoms with van der Waals surface area (Å²) in [5.74, 6) is -2.18. The Hall–Kier alpha value is -2.43. The van der Waals surface area contributed by atoms with Crippen molar-refractivity contribution in [3.8, 4) is 5.75 Å². The Kier molecular flexibility index (Phi) is 3.46. The number of aryl methyl sites for hydroxylation is 1. The van der Waals surface area contributed by atoms with E-state index >= 15 is 0 Å². The van der Waals surface area contributed by atoms with Crippen molar-refractivity contribution in [2.75, 3.05) is 5.32 Å². The van der Waals surface area contributed by atoms with E-state index in [-0.39, 0.29) is 17.0 Å². The van der Waals surface area contributed by atoms with Gasteiger partial charge in [-0.1, -0.05) is 6.07 Å². The Morgan fingerprint density at radius 1 is 1.11 bits per heavy atom. The number of rotatable bonds is 2. The third-order valence-corrected chi connectivity index (χ3v) is 2.65. The summed E-state index contributed by atoms with van der Waals surface area (Å²) in [7, 11) is 0. The molecule has 3 nitrogen and oxygen atoms in total. The summed E-state index contributed by atoms with van der Waals surface area (Å²) >= 11 is 0. The molecule has 0 aromatic heterocycles. The van der Waals surface area contributed by atoms with Gasteiger partial charge in [-0.05, 0) is 42.8 Å². The molecule has 98 valence electrons. The minimum absolute atomic E-state index is 0.205. The Labute approximate surface area is 108 Å². The quantitative estimate of drug-likeness (QED) is 0.873. The molecule has 0 unspecified atom stereocenters. The fraction of sp³-hybridized carbons (Fsp3) is 0.0714. The molecule has 0 atom stereocenters. The van der Waals surface area contributed by atoms with Gasteiger partial charge in [0.05, 0.1) is 5.56 Å². The highest BCUT2D eigenvalue weighted by Crippen LogP contribution is 2.21. The average molecular weight is 263 g/mol. The van der Waals surface area contributed by atoms with Crippen LogP contribution in [0.3, 0.4) is 0 Å². The lowest BCUT2D eigenvalue weighted by Gasteiger charge is -2.09. The minimum Gasteiger partial charge on any atom is -0.507 e. The van der Waals surface area contributed by atoms with Gasteiger partial charge in [0.15, 0.2) is 0 Å². The van der Waals surface area contributed by atoms with Crippen LogP contribution in [0.15, 0.2) is 36.4 Å². The summed E-state index contributed by atoms with van der Waals surface area (Å²) in [4.78, 5) is 11.9. The predicted molar refractivity (Wildman–Crippen MR) is 67.2 cm³/mol. The van der Waals surface area contributed by atoms with Gasteiger partial charge in [-0.25, -0.2) is 8.78 Å². The van der Waals surface area contributed by atoms with Crippen molar-refractivity contribution in [1.82, 2.24) is 0 Å². The monoisotopic (exact) mass is 263 g/mol. The van der Waals surface area contributed by atoms with E-state index < -0.39 is 17.5 Å². The van der Waals surface area contributed by atoms with Crippen molar-refractivity contribution in [3.63, 3.8) is 0 Å². The maximum atomic E-state index is 13.1. The van der Waals surface area contributed by atoms with Crippen LogP contribution in [0.5, 0.6) is 5.75 Å². The normalized spacial score (nSPS) is 10.3. The van der Waals surface area contributed by atoms with Gasteiger partial charge in [0.2, 0.25) is 0 Å². The van der Waals surface area contributed by atoms with Gasteiger partial charge in [-0.2, -0.15) is 0 Å². The first-order valence-electron chi connectivity index (χ1n) is 5.53. The number of nitrogens with one attached hydrogen (secondary N) is 1. The summed E-state index contributed by atoms with van der Waals surface area (Å²) in [6.07, 6.45) is 0. The molecule has 5 heteroatoms. The van der Waals surface area contributed by atoms with Crippen LogP contribution in [0.4, 0.5) is 14.5 Å². The largest absolute Gasteiger partial charge is 0.507 e. The number of carbonyl (C=O) groups excluding carboxylic acids is 1. The maximum absolute atomic E-state index is 13.1. The van der Waals surface area contributed by atoms with Crippen LogP contribution in [0.2, 0.25) is 0 Å². The van der Waals surface area contributed by atoms with E-state index in [2.05, 4.69) is 5.32 Å². The van der Waals surface area contributed by atoms with Gasteiger partial charge in [0.1, 0.15) is 17.4 Å². The standard InChI is InChI=1S/C14H11F2NO2/c1-8-2-3-10(16)7-12(8)17-14(19)11-6-9(15)4-5-13(11)18/h2-7,18H,1H3,(H,17,19). The average Bonchev–Trinajstić information content (AvgIpc) is 2.36. The van der Waals surface area contributed by atoms with Gasteiger partial charge < -0.3 is 10.4 Å². The van der Waals surface area contributed by atoms with Crippen LogP contribution in [0.25, 0.3) is 0 Å². The number of carbonyl (C=O) groups is 1. The molecule has 0 fully saturated rings. The van der Waals surface area contributed by atoms with Gasteiger partial charge in [-0.15, -0.1) is 0 Å². The number of aromatic hydroxyl groups is 1. The SMILES string of the molecule is Cc1ccc(F)cc1NC(=O)c1cc(F)ccc1O. The van der Waals surface area contributed by atoms with Crippen LogP contribution in [-0.2, 0) is 0 Å². The second-order valence-electron chi connectivity index (χ2n) is 4.07. The number of amides is 1. The number of phenols is 1. The van der Waals surface area contributed by atoms with E-state index in [0.717, 1.165) is 24.3 Å². The van der Waals surface area contributed by atoms with E-state index in [1.54, 1.807) is 6.92 Å². The first kappa shape index (κ1) is 13.0. The molecule has 0 saturated carbocycles.